The summed E-state index contributed by atoms with van der Waals surface area (Å²) in [6, 6.07) is 1.16. The average molecular weight is 317 g/mol. The molecule has 2 saturated carbocycles. The fraction of sp³-hybridized carbons (Fsp3) is 0.850. The van der Waals surface area contributed by atoms with Gasteiger partial charge in [0.25, 0.3) is 0 Å². The molecule has 0 aromatic carbocycles. The number of hydrogen-bond acceptors (Lipinski definition) is 3. The summed E-state index contributed by atoms with van der Waals surface area (Å²) < 4.78 is 5.46. The Kier molecular flexibility index (Phi) is 4.49. The molecule has 0 unspecified atom stereocenters. The van der Waals surface area contributed by atoms with Gasteiger partial charge in [-0.05, 0) is 50.4 Å². The van der Waals surface area contributed by atoms with Crippen molar-refractivity contribution >= 4 is 5.97 Å². The highest BCUT2D eigenvalue weighted by molar-refractivity contribution is 5.75. The van der Waals surface area contributed by atoms with Gasteiger partial charge >= 0.3 is 5.97 Å². The van der Waals surface area contributed by atoms with Crippen molar-refractivity contribution in [3.63, 3.8) is 0 Å². The Morgan fingerprint density at radius 3 is 2.78 bits per heavy atom. The van der Waals surface area contributed by atoms with E-state index in [9.17, 15) is 4.79 Å². The van der Waals surface area contributed by atoms with Gasteiger partial charge in [0.15, 0.2) is 0 Å². The predicted octanol–water partition coefficient (Wildman–Crippen LogP) is 3.69. The van der Waals surface area contributed by atoms with Gasteiger partial charge in [-0.2, -0.15) is 0 Å². The third-order valence-corrected chi connectivity index (χ3v) is 6.97. The molecule has 2 heterocycles. The number of rotatable bonds is 2. The monoisotopic (exact) mass is 317 g/mol. The van der Waals surface area contributed by atoms with Crippen LogP contribution < -0.4 is 5.32 Å². The number of esters is 1. The first kappa shape index (κ1) is 15.7. The van der Waals surface area contributed by atoms with Crippen molar-refractivity contribution < 1.29 is 9.53 Å². The van der Waals surface area contributed by atoms with Crippen molar-refractivity contribution in [2.75, 3.05) is 6.61 Å². The third-order valence-electron chi connectivity index (χ3n) is 6.97. The van der Waals surface area contributed by atoms with E-state index in [4.69, 9.17) is 4.74 Å². The molecule has 3 nitrogen and oxygen atoms in total. The number of nitrogens with one attached hydrogen (secondary N) is 1. The van der Waals surface area contributed by atoms with Crippen LogP contribution in [0.25, 0.3) is 0 Å². The Morgan fingerprint density at radius 1 is 1.04 bits per heavy atom. The van der Waals surface area contributed by atoms with Crippen LogP contribution in [0, 0.1) is 29.6 Å². The van der Waals surface area contributed by atoms with Crippen LogP contribution in [0.5, 0.6) is 0 Å². The lowest BCUT2D eigenvalue weighted by Crippen LogP contribution is -2.42. The molecule has 4 fully saturated rings. The maximum Gasteiger partial charge on any atom is 0.309 e. The summed E-state index contributed by atoms with van der Waals surface area (Å²) in [5.41, 5.74) is 0. The van der Waals surface area contributed by atoms with E-state index in [0.29, 0.717) is 30.5 Å². The Morgan fingerprint density at radius 2 is 1.91 bits per heavy atom. The van der Waals surface area contributed by atoms with E-state index in [0.717, 1.165) is 18.3 Å². The van der Waals surface area contributed by atoms with Crippen molar-refractivity contribution in [3.8, 4) is 0 Å². The summed E-state index contributed by atoms with van der Waals surface area (Å²) in [4.78, 5) is 12.1. The van der Waals surface area contributed by atoms with Gasteiger partial charge in [0, 0.05) is 18.0 Å². The molecule has 4 rings (SSSR count). The van der Waals surface area contributed by atoms with Gasteiger partial charge in [-0.1, -0.05) is 37.8 Å². The van der Waals surface area contributed by atoms with Crippen molar-refractivity contribution in [1.82, 2.24) is 5.32 Å². The highest BCUT2D eigenvalue weighted by Crippen LogP contribution is 2.51. The summed E-state index contributed by atoms with van der Waals surface area (Å²) >= 11 is 0. The van der Waals surface area contributed by atoms with Crippen LogP contribution in [0.1, 0.15) is 58.3 Å². The zero-order valence-corrected chi connectivity index (χ0v) is 14.4. The van der Waals surface area contributed by atoms with Crippen LogP contribution >= 0.6 is 0 Å². The normalized spacial score (nSPS) is 47.2. The van der Waals surface area contributed by atoms with E-state index in [1.165, 1.54) is 44.9 Å². The summed E-state index contributed by atoms with van der Waals surface area (Å²) in [6.07, 6.45) is 15.3. The van der Waals surface area contributed by atoms with Crippen LogP contribution in [0.4, 0.5) is 0 Å². The number of fused-ring (bicyclic) bond motifs is 2. The fourth-order valence-corrected chi connectivity index (χ4v) is 5.78. The number of cyclic esters (lactones) is 1. The molecule has 2 aliphatic heterocycles. The second kappa shape index (κ2) is 6.58. The number of hydrogen-bond donors (Lipinski definition) is 1. The van der Waals surface area contributed by atoms with Gasteiger partial charge in [0.1, 0.15) is 0 Å². The van der Waals surface area contributed by atoms with Gasteiger partial charge in [-0.15, -0.1) is 0 Å². The third kappa shape index (κ3) is 3.09. The molecule has 1 N–H and O–H groups in total. The molecule has 2 saturated heterocycles. The van der Waals surface area contributed by atoms with Gasteiger partial charge in [-0.25, -0.2) is 0 Å². The molecule has 23 heavy (non-hydrogen) atoms. The number of carbonyl (C=O) groups excluding carboxylic acids is 1. The highest BCUT2D eigenvalue weighted by Gasteiger charge is 2.50. The lowest BCUT2D eigenvalue weighted by atomic mass is 9.58. The molecule has 0 aromatic heterocycles. The SMILES string of the molecule is C[C@H]1CCC[C@H](C=C[C@@H]2[C@H]3COC(=O)[C@H]3C[C@H]3CCCC[C@@H]32)N1. The molecular weight excluding hydrogens is 286 g/mol. The molecule has 0 spiro atoms. The molecular formula is C20H31NO2. The van der Waals surface area contributed by atoms with Gasteiger partial charge in [0.2, 0.25) is 0 Å². The molecule has 0 amide bonds. The Hall–Kier alpha value is -0.830. The van der Waals surface area contributed by atoms with E-state index in [-0.39, 0.29) is 11.9 Å². The standard InChI is InChI=1S/C20H31NO2/c1-13-5-4-7-15(21-13)9-10-17-16-8-3-2-6-14(16)11-18-19(17)12-23-20(18)22/h9-10,13-19,21H,2-8,11-12H2,1H3/t13-,14+,15+,16-,17-,18-,19+/m0/s1. The average Bonchev–Trinajstić information content (AvgIpc) is 2.93. The first-order valence-corrected chi connectivity index (χ1v) is 9.83. The van der Waals surface area contributed by atoms with Crippen molar-refractivity contribution in [2.24, 2.45) is 29.6 Å². The minimum absolute atomic E-state index is 0.0850. The van der Waals surface area contributed by atoms with Crippen LogP contribution in [-0.2, 0) is 9.53 Å². The predicted molar refractivity (Wildman–Crippen MR) is 90.9 cm³/mol. The molecule has 0 aromatic rings. The minimum Gasteiger partial charge on any atom is -0.465 e. The molecule has 2 aliphatic carbocycles. The quantitative estimate of drug-likeness (QED) is 0.623. The van der Waals surface area contributed by atoms with Crippen molar-refractivity contribution in [3.05, 3.63) is 12.2 Å². The first-order valence-electron chi connectivity index (χ1n) is 9.83. The zero-order chi connectivity index (χ0) is 15.8. The summed E-state index contributed by atoms with van der Waals surface area (Å²) in [5, 5.41) is 3.71. The molecule has 3 heteroatoms. The number of ether oxygens (including phenoxy) is 1. The van der Waals surface area contributed by atoms with Crippen LogP contribution in [0.2, 0.25) is 0 Å². The fourth-order valence-electron chi connectivity index (χ4n) is 5.78. The highest BCUT2D eigenvalue weighted by atomic mass is 16.5. The lowest BCUT2D eigenvalue weighted by Gasteiger charge is -2.45. The molecule has 0 bridgehead atoms. The Balaban J connectivity index is 1.52. The maximum atomic E-state index is 12.1. The van der Waals surface area contributed by atoms with E-state index in [2.05, 4.69) is 24.4 Å². The Labute approximate surface area is 140 Å². The number of allylic oxidation sites excluding steroid dienone is 1. The van der Waals surface area contributed by atoms with Crippen LogP contribution in [0.15, 0.2) is 12.2 Å². The summed E-state index contributed by atoms with van der Waals surface area (Å²) in [7, 11) is 0. The molecule has 7 atom stereocenters. The largest absolute Gasteiger partial charge is 0.465 e. The van der Waals surface area contributed by atoms with Crippen LogP contribution in [-0.4, -0.2) is 24.7 Å². The number of carbonyl (C=O) groups is 1. The van der Waals surface area contributed by atoms with E-state index >= 15 is 0 Å². The van der Waals surface area contributed by atoms with E-state index < -0.39 is 0 Å². The second-order valence-corrected chi connectivity index (χ2v) is 8.41. The summed E-state index contributed by atoms with van der Waals surface area (Å²) in [5.74, 6) is 2.81. The summed E-state index contributed by atoms with van der Waals surface area (Å²) in [6.45, 7) is 2.95. The van der Waals surface area contributed by atoms with Crippen LogP contribution in [0.3, 0.4) is 0 Å². The second-order valence-electron chi connectivity index (χ2n) is 8.41. The smallest absolute Gasteiger partial charge is 0.309 e. The lowest BCUT2D eigenvalue weighted by molar-refractivity contribution is -0.142. The molecule has 128 valence electrons. The molecule has 4 aliphatic rings. The topological polar surface area (TPSA) is 38.3 Å². The number of piperidine rings is 1. The zero-order valence-electron chi connectivity index (χ0n) is 14.4. The van der Waals surface area contributed by atoms with Gasteiger partial charge in [-0.3, -0.25) is 4.79 Å². The maximum absolute atomic E-state index is 12.1. The molecule has 0 radical (unpaired) electrons. The van der Waals surface area contributed by atoms with Gasteiger partial charge in [0.05, 0.1) is 12.5 Å². The van der Waals surface area contributed by atoms with Crippen molar-refractivity contribution in [2.45, 2.75) is 70.4 Å². The van der Waals surface area contributed by atoms with E-state index in [1.54, 1.807) is 0 Å². The van der Waals surface area contributed by atoms with E-state index in [1.807, 2.05) is 0 Å². The Bertz CT molecular complexity index is 474. The van der Waals surface area contributed by atoms with Gasteiger partial charge < -0.3 is 10.1 Å². The minimum atomic E-state index is 0.0850. The van der Waals surface area contributed by atoms with Crippen molar-refractivity contribution in [1.29, 1.82) is 0 Å². The first-order chi connectivity index (χ1) is 11.2.